The number of fused-ring (bicyclic) bond motifs is 5. The Bertz CT molecular complexity index is 2760. The van der Waals surface area contributed by atoms with Crippen molar-refractivity contribution >= 4 is 60.4 Å². The maximum atomic E-state index is 2.39. The Morgan fingerprint density at radius 3 is 1.35 bits per heavy atom. The predicted molar refractivity (Wildman–Crippen MR) is 221 cm³/mol. The molecule has 0 atom stereocenters. The van der Waals surface area contributed by atoms with Crippen molar-refractivity contribution in [2.24, 2.45) is 0 Å². The van der Waals surface area contributed by atoms with Crippen molar-refractivity contribution in [1.29, 1.82) is 0 Å². The molecule has 1 aromatic heterocycles. The molecule has 0 saturated carbocycles. The summed E-state index contributed by atoms with van der Waals surface area (Å²) in [5.74, 6) is 0. The van der Waals surface area contributed by atoms with Crippen LogP contribution in [0.1, 0.15) is 0 Å². The topological polar surface area (TPSA) is 8.17 Å². The fraction of sp³-hybridized carbons (Fsp3) is 0. The molecular weight excluding hydrogens is 629 g/mol. The maximum Gasteiger partial charge on any atom is 0.0561 e. The van der Waals surface area contributed by atoms with E-state index in [1.54, 1.807) is 0 Å². The zero-order valence-electron chi connectivity index (χ0n) is 28.5. The highest BCUT2D eigenvalue weighted by atomic mass is 15.1. The molecule has 0 amide bonds. The van der Waals surface area contributed by atoms with Crippen LogP contribution in [-0.2, 0) is 0 Å². The van der Waals surface area contributed by atoms with E-state index in [2.05, 4.69) is 216 Å². The lowest BCUT2D eigenvalue weighted by molar-refractivity contribution is 1.18. The van der Waals surface area contributed by atoms with Gasteiger partial charge in [0.2, 0.25) is 0 Å². The van der Waals surface area contributed by atoms with Crippen molar-refractivity contribution in [3.63, 3.8) is 0 Å². The standard InChI is InChI=1S/C50H34N2/c1-2-14-43(15-3-1)52-49-17-9-8-16-47(49)48-31-30-46(34-50(48)52)51(44-26-22-37(23-27-44)41-20-18-35-10-4-6-12-39(35)32-41)45-28-24-38(25-29-45)42-21-19-36-11-5-7-13-40(36)33-42/h1-34H. The number of nitrogens with zero attached hydrogens (tertiary/aromatic N) is 2. The molecule has 2 heteroatoms. The summed E-state index contributed by atoms with van der Waals surface area (Å²) in [5, 5.41) is 7.49. The minimum atomic E-state index is 1.10. The molecule has 0 saturated heterocycles. The van der Waals surface area contributed by atoms with Crippen LogP contribution in [0.15, 0.2) is 206 Å². The third kappa shape index (κ3) is 5.21. The van der Waals surface area contributed by atoms with Crippen LogP contribution < -0.4 is 4.90 Å². The van der Waals surface area contributed by atoms with E-state index in [0.717, 1.165) is 22.7 Å². The molecule has 1 heterocycles. The lowest BCUT2D eigenvalue weighted by Crippen LogP contribution is -2.10. The van der Waals surface area contributed by atoms with Gasteiger partial charge in [0, 0.05) is 33.5 Å². The number of para-hydroxylation sites is 2. The Morgan fingerprint density at radius 2 is 0.750 bits per heavy atom. The van der Waals surface area contributed by atoms with Crippen LogP contribution in [0, 0.1) is 0 Å². The third-order valence-corrected chi connectivity index (χ3v) is 10.3. The predicted octanol–water partition coefficient (Wildman–Crippen LogP) is 13.9. The number of benzene rings is 9. The Balaban J connectivity index is 1.11. The van der Waals surface area contributed by atoms with E-state index in [9.17, 15) is 0 Å². The van der Waals surface area contributed by atoms with Crippen LogP contribution in [0.25, 0.3) is 71.3 Å². The van der Waals surface area contributed by atoms with E-state index < -0.39 is 0 Å². The van der Waals surface area contributed by atoms with Gasteiger partial charge in [-0.3, -0.25) is 0 Å². The molecule has 10 rings (SSSR count). The normalized spacial score (nSPS) is 11.5. The molecule has 2 nitrogen and oxygen atoms in total. The largest absolute Gasteiger partial charge is 0.310 e. The second-order valence-electron chi connectivity index (χ2n) is 13.4. The zero-order chi connectivity index (χ0) is 34.4. The van der Waals surface area contributed by atoms with Gasteiger partial charge in [-0.15, -0.1) is 0 Å². The van der Waals surface area contributed by atoms with Gasteiger partial charge < -0.3 is 9.47 Å². The van der Waals surface area contributed by atoms with E-state index in [1.165, 1.54) is 65.6 Å². The molecule has 0 spiro atoms. The van der Waals surface area contributed by atoms with Gasteiger partial charge in [0.1, 0.15) is 0 Å². The van der Waals surface area contributed by atoms with Gasteiger partial charge in [-0.05, 0) is 111 Å². The first-order valence-corrected chi connectivity index (χ1v) is 17.8. The van der Waals surface area contributed by atoms with Crippen molar-refractivity contribution in [1.82, 2.24) is 4.57 Å². The van der Waals surface area contributed by atoms with Crippen molar-refractivity contribution < 1.29 is 0 Å². The van der Waals surface area contributed by atoms with Gasteiger partial charge in [-0.25, -0.2) is 0 Å². The van der Waals surface area contributed by atoms with Gasteiger partial charge in [0.25, 0.3) is 0 Å². The molecule has 0 fully saturated rings. The number of aromatic nitrogens is 1. The van der Waals surface area contributed by atoms with E-state index in [4.69, 9.17) is 0 Å². The second kappa shape index (κ2) is 12.5. The number of rotatable bonds is 6. The number of hydrogen-bond acceptors (Lipinski definition) is 1. The fourth-order valence-electron chi connectivity index (χ4n) is 7.74. The smallest absolute Gasteiger partial charge is 0.0561 e. The molecular formula is C50H34N2. The highest BCUT2D eigenvalue weighted by Gasteiger charge is 2.18. The summed E-state index contributed by atoms with van der Waals surface area (Å²) in [4.78, 5) is 2.38. The van der Waals surface area contributed by atoms with Crippen molar-refractivity contribution in [3.8, 4) is 27.9 Å². The van der Waals surface area contributed by atoms with Crippen LogP contribution in [-0.4, -0.2) is 4.57 Å². The molecule has 0 unspecified atom stereocenters. The first-order chi connectivity index (χ1) is 25.8. The molecule has 0 N–H and O–H groups in total. The van der Waals surface area contributed by atoms with Gasteiger partial charge in [0.15, 0.2) is 0 Å². The second-order valence-corrected chi connectivity index (χ2v) is 13.4. The SMILES string of the molecule is c1ccc(-n2c3ccccc3c3ccc(N(c4ccc(-c5ccc6ccccc6c5)cc4)c4ccc(-c5ccc6ccccc6c5)cc4)cc32)cc1. The highest BCUT2D eigenvalue weighted by molar-refractivity contribution is 6.10. The quantitative estimate of drug-likeness (QED) is 0.172. The maximum absolute atomic E-state index is 2.39. The molecule has 9 aromatic carbocycles. The summed E-state index contributed by atoms with van der Waals surface area (Å²) >= 11 is 0. The van der Waals surface area contributed by atoms with Gasteiger partial charge in [-0.1, -0.05) is 140 Å². The minimum Gasteiger partial charge on any atom is -0.310 e. The van der Waals surface area contributed by atoms with Crippen LogP contribution in [0.5, 0.6) is 0 Å². The highest BCUT2D eigenvalue weighted by Crippen LogP contribution is 2.41. The third-order valence-electron chi connectivity index (χ3n) is 10.3. The first-order valence-electron chi connectivity index (χ1n) is 17.8. The minimum absolute atomic E-state index is 1.10. The average Bonchev–Trinajstić information content (AvgIpc) is 3.55. The Labute approximate surface area is 303 Å². The van der Waals surface area contributed by atoms with E-state index >= 15 is 0 Å². The monoisotopic (exact) mass is 662 g/mol. The summed E-state index contributed by atoms with van der Waals surface area (Å²) in [5.41, 5.74) is 11.6. The van der Waals surface area contributed by atoms with Crippen LogP contribution in [0.2, 0.25) is 0 Å². The average molecular weight is 663 g/mol. The van der Waals surface area contributed by atoms with E-state index in [-0.39, 0.29) is 0 Å². The summed E-state index contributed by atoms with van der Waals surface area (Å²) in [7, 11) is 0. The molecule has 0 aliphatic heterocycles. The zero-order valence-corrected chi connectivity index (χ0v) is 28.5. The summed E-state index contributed by atoms with van der Waals surface area (Å²) < 4.78 is 2.39. The van der Waals surface area contributed by atoms with Gasteiger partial charge in [-0.2, -0.15) is 0 Å². The molecule has 0 aliphatic rings. The number of hydrogen-bond donors (Lipinski definition) is 0. The molecule has 52 heavy (non-hydrogen) atoms. The Kier molecular flexibility index (Phi) is 7.18. The molecule has 0 aliphatic carbocycles. The molecule has 0 bridgehead atoms. The van der Waals surface area contributed by atoms with E-state index in [0.29, 0.717) is 0 Å². The number of anilines is 3. The summed E-state index contributed by atoms with van der Waals surface area (Å²) in [6.07, 6.45) is 0. The van der Waals surface area contributed by atoms with Crippen molar-refractivity contribution in [2.75, 3.05) is 4.90 Å². The molecule has 244 valence electrons. The van der Waals surface area contributed by atoms with Gasteiger partial charge in [0.05, 0.1) is 11.0 Å². The molecule has 0 radical (unpaired) electrons. The molecule has 10 aromatic rings. The summed E-state index contributed by atoms with van der Waals surface area (Å²) in [6, 6.07) is 74.8. The van der Waals surface area contributed by atoms with Crippen LogP contribution in [0.4, 0.5) is 17.1 Å². The first kappa shape index (κ1) is 30.0. The van der Waals surface area contributed by atoms with Crippen molar-refractivity contribution in [2.45, 2.75) is 0 Å². The lowest BCUT2D eigenvalue weighted by Gasteiger charge is -2.26. The van der Waals surface area contributed by atoms with Crippen LogP contribution >= 0.6 is 0 Å². The van der Waals surface area contributed by atoms with E-state index in [1.807, 2.05) is 0 Å². The van der Waals surface area contributed by atoms with Crippen LogP contribution in [0.3, 0.4) is 0 Å². The lowest BCUT2D eigenvalue weighted by atomic mass is 10.00. The van der Waals surface area contributed by atoms with Gasteiger partial charge >= 0.3 is 0 Å². The Morgan fingerprint density at radius 1 is 0.288 bits per heavy atom. The van der Waals surface area contributed by atoms with Crippen molar-refractivity contribution in [3.05, 3.63) is 206 Å². The Hall–Kier alpha value is -6.90. The summed E-state index contributed by atoms with van der Waals surface area (Å²) in [6.45, 7) is 0. The fourth-order valence-corrected chi connectivity index (χ4v) is 7.74.